The van der Waals surface area contributed by atoms with Crippen LogP contribution >= 0.6 is 23.2 Å². The Morgan fingerprint density at radius 2 is 2.05 bits per heavy atom. The van der Waals surface area contributed by atoms with E-state index in [0.717, 1.165) is 0 Å². The van der Waals surface area contributed by atoms with E-state index in [1.54, 1.807) is 29.7 Å². The van der Waals surface area contributed by atoms with Gasteiger partial charge in [0.25, 0.3) is 0 Å². The number of imidazole rings is 1. The summed E-state index contributed by atoms with van der Waals surface area (Å²) < 4.78 is 38.5. The molecule has 0 aliphatic carbocycles. The standard InChI is InChI=1S/C13H13Cl2F3N2/c1-8(14)12-19-10-5-2-4-9(15)11(10)20(12)7-3-6-13(16,17)18/h2,4-5,8H,3,6-7H2,1H3. The zero-order valence-corrected chi connectivity index (χ0v) is 12.2. The Labute approximate surface area is 124 Å². The summed E-state index contributed by atoms with van der Waals surface area (Å²) in [5.41, 5.74) is 1.28. The van der Waals surface area contributed by atoms with Crippen LogP contribution in [0, 0.1) is 0 Å². The first-order chi connectivity index (χ1) is 9.29. The minimum absolute atomic E-state index is 0.0310. The molecular weight excluding hydrogens is 312 g/mol. The summed E-state index contributed by atoms with van der Waals surface area (Å²) in [4.78, 5) is 4.35. The number of rotatable bonds is 4. The predicted octanol–water partition coefficient (Wildman–Crippen LogP) is 5.33. The maximum Gasteiger partial charge on any atom is 0.389 e. The van der Waals surface area contributed by atoms with Crippen LogP contribution in [-0.4, -0.2) is 15.7 Å². The second-order valence-electron chi connectivity index (χ2n) is 4.56. The van der Waals surface area contributed by atoms with E-state index in [-0.39, 0.29) is 13.0 Å². The van der Waals surface area contributed by atoms with Crippen molar-refractivity contribution in [3.63, 3.8) is 0 Å². The van der Waals surface area contributed by atoms with E-state index in [1.807, 2.05) is 0 Å². The van der Waals surface area contributed by atoms with Gasteiger partial charge in [0.1, 0.15) is 5.82 Å². The summed E-state index contributed by atoms with van der Waals surface area (Å²) >= 11 is 12.2. The van der Waals surface area contributed by atoms with Crippen molar-refractivity contribution in [2.75, 3.05) is 0 Å². The van der Waals surface area contributed by atoms with Crippen LogP contribution in [0.5, 0.6) is 0 Å². The first-order valence-corrected chi connectivity index (χ1v) is 6.96. The summed E-state index contributed by atoms with van der Waals surface area (Å²) in [7, 11) is 0. The molecule has 1 atom stereocenters. The van der Waals surface area contributed by atoms with Crippen LogP contribution in [0.2, 0.25) is 5.02 Å². The number of halogens is 5. The Balaban J connectivity index is 2.36. The summed E-state index contributed by atoms with van der Waals surface area (Å²) in [6.45, 7) is 1.92. The Hall–Kier alpha value is -0.940. The largest absolute Gasteiger partial charge is 0.389 e. The Morgan fingerprint density at radius 3 is 2.65 bits per heavy atom. The molecule has 0 aliphatic heterocycles. The molecule has 0 aliphatic rings. The lowest BCUT2D eigenvalue weighted by molar-refractivity contribution is -0.135. The van der Waals surface area contributed by atoms with E-state index in [2.05, 4.69) is 4.98 Å². The molecule has 1 aromatic heterocycles. The lowest BCUT2D eigenvalue weighted by atomic mass is 10.2. The third-order valence-corrected chi connectivity index (χ3v) is 3.44. The highest BCUT2D eigenvalue weighted by atomic mass is 35.5. The number of fused-ring (bicyclic) bond motifs is 1. The fraction of sp³-hybridized carbons (Fsp3) is 0.462. The van der Waals surface area contributed by atoms with Crippen molar-refractivity contribution in [1.82, 2.24) is 9.55 Å². The number of benzene rings is 1. The van der Waals surface area contributed by atoms with Crippen LogP contribution in [-0.2, 0) is 6.54 Å². The van der Waals surface area contributed by atoms with Gasteiger partial charge in [-0.05, 0) is 25.5 Å². The molecule has 2 aromatic rings. The van der Waals surface area contributed by atoms with E-state index in [9.17, 15) is 13.2 Å². The average Bonchev–Trinajstić information content (AvgIpc) is 2.68. The zero-order valence-electron chi connectivity index (χ0n) is 10.7. The summed E-state index contributed by atoms with van der Waals surface area (Å²) in [5, 5.41) is 0.0647. The van der Waals surface area contributed by atoms with E-state index < -0.39 is 18.0 Å². The number of hydrogen-bond acceptors (Lipinski definition) is 1. The van der Waals surface area contributed by atoms with E-state index in [1.165, 1.54) is 0 Å². The fourth-order valence-electron chi connectivity index (χ4n) is 2.13. The Morgan fingerprint density at radius 1 is 1.35 bits per heavy atom. The predicted molar refractivity (Wildman–Crippen MR) is 74.3 cm³/mol. The molecular formula is C13H13Cl2F3N2. The van der Waals surface area contributed by atoms with Crippen LogP contribution < -0.4 is 0 Å². The molecule has 0 fully saturated rings. The molecule has 2 rings (SSSR count). The first-order valence-electron chi connectivity index (χ1n) is 6.15. The van der Waals surface area contributed by atoms with Crippen LogP contribution in [0.1, 0.15) is 31.0 Å². The molecule has 0 amide bonds. The number of aryl methyl sites for hydroxylation is 1. The Kier molecular flexibility index (Phi) is 4.49. The van der Waals surface area contributed by atoms with Crippen molar-refractivity contribution in [2.45, 2.75) is 37.9 Å². The summed E-state index contributed by atoms with van der Waals surface area (Å²) in [6.07, 6.45) is -5.03. The van der Waals surface area contributed by atoms with Crippen LogP contribution in [0.4, 0.5) is 13.2 Å². The van der Waals surface area contributed by atoms with Crippen LogP contribution in [0.15, 0.2) is 18.2 Å². The maximum absolute atomic E-state index is 12.3. The van der Waals surface area contributed by atoms with Crippen molar-refractivity contribution in [2.24, 2.45) is 0 Å². The average molecular weight is 325 g/mol. The van der Waals surface area contributed by atoms with Crippen molar-refractivity contribution in [3.05, 3.63) is 29.0 Å². The topological polar surface area (TPSA) is 17.8 Å². The molecule has 1 heterocycles. The van der Waals surface area contributed by atoms with Gasteiger partial charge in [-0.3, -0.25) is 0 Å². The molecule has 0 N–H and O–H groups in total. The van der Waals surface area contributed by atoms with E-state index >= 15 is 0 Å². The lowest BCUT2D eigenvalue weighted by Crippen LogP contribution is -2.11. The number of hydrogen-bond donors (Lipinski definition) is 0. The smallest absolute Gasteiger partial charge is 0.326 e. The number of nitrogens with zero attached hydrogens (tertiary/aromatic N) is 2. The second-order valence-corrected chi connectivity index (χ2v) is 5.63. The molecule has 0 spiro atoms. The summed E-state index contributed by atoms with van der Waals surface area (Å²) in [5.74, 6) is 0.539. The number of para-hydroxylation sites is 1. The minimum Gasteiger partial charge on any atom is -0.326 e. The van der Waals surface area contributed by atoms with Gasteiger partial charge >= 0.3 is 6.18 Å². The molecule has 110 valence electrons. The SMILES string of the molecule is CC(Cl)c1nc2cccc(Cl)c2n1CCCC(F)(F)F. The van der Waals surface area contributed by atoms with Gasteiger partial charge in [-0.2, -0.15) is 13.2 Å². The van der Waals surface area contributed by atoms with Crippen LogP contribution in [0.3, 0.4) is 0 Å². The van der Waals surface area contributed by atoms with Crippen molar-refractivity contribution >= 4 is 34.2 Å². The second kappa shape index (κ2) is 5.82. The minimum atomic E-state index is -4.16. The van der Waals surface area contributed by atoms with Gasteiger partial charge in [0, 0.05) is 13.0 Å². The monoisotopic (exact) mass is 324 g/mol. The maximum atomic E-state index is 12.3. The highest BCUT2D eigenvalue weighted by Gasteiger charge is 2.26. The van der Waals surface area contributed by atoms with Crippen molar-refractivity contribution < 1.29 is 13.2 Å². The lowest BCUT2D eigenvalue weighted by Gasteiger charge is -2.12. The third kappa shape index (κ3) is 3.38. The highest BCUT2D eigenvalue weighted by Crippen LogP contribution is 2.30. The van der Waals surface area contributed by atoms with Gasteiger partial charge in [-0.1, -0.05) is 17.7 Å². The molecule has 20 heavy (non-hydrogen) atoms. The van der Waals surface area contributed by atoms with Gasteiger partial charge in [0.15, 0.2) is 0 Å². The van der Waals surface area contributed by atoms with E-state index in [4.69, 9.17) is 23.2 Å². The molecule has 2 nitrogen and oxygen atoms in total. The fourth-order valence-corrected chi connectivity index (χ4v) is 2.57. The van der Waals surface area contributed by atoms with Gasteiger partial charge in [0.05, 0.1) is 21.4 Å². The van der Waals surface area contributed by atoms with Crippen molar-refractivity contribution in [3.8, 4) is 0 Å². The summed E-state index contributed by atoms with van der Waals surface area (Å²) in [6, 6.07) is 5.21. The molecule has 1 aromatic carbocycles. The van der Waals surface area contributed by atoms with Crippen LogP contribution in [0.25, 0.3) is 11.0 Å². The quantitative estimate of drug-likeness (QED) is 0.695. The molecule has 1 unspecified atom stereocenters. The normalized spacial score (nSPS) is 13.9. The highest BCUT2D eigenvalue weighted by molar-refractivity contribution is 6.35. The van der Waals surface area contributed by atoms with Gasteiger partial charge < -0.3 is 4.57 Å². The molecule has 0 saturated carbocycles. The zero-order chi connectivity index (χ0) is 14.9. The van der Waals surface area contributed by atoms with Gasteiger partial charge in [-0.25, -0.2) is 4.98 Å². The molecule has 0 radical (unpaired) electrons. The number of alkyl halides is 4. The third-order valence-electron chi connectivity index (χ3n) is 2.94. The Bertz CT molecular complexity index is 605. The molecule has 7 heteroatoms. The molecule has 0 saturated heterocycles. The first kappa shape index (κ1) is 15.4. The number of aromatic nitrogens is 2. The molecule has 0 bridgehead atoms. The van der Waals surface area contributed by atoms with Gasteiger partial charge in [-0.15, -0.1) is 11.6 Å². The van der Waals surface area contributed by atoms with Gasteiger partial charge in [0.2, 0.25) is 0 Å². The van der Waals surface area contributed by atoms with E-state index in [0.29, 0.717) is 21.9 Å². The van der Waals surface area contributed by atoms with Crippen molar-refractivity contribution in [1.29, 1.82) is 0 Å².